The number of benzene rings is 2. The minimum Gasteiger partial charge on any atom is -0.482 e. The Balaban J connectivity index is 0.00000320. The molecule has 2 aromatic rings. The molecule has 0 saturated carbocycles. The van der Waals surface area contributed by atoms with Crippen LogP contribution < -0.4 is 10.1 Å². The van der Waals surface area contributed by atoms with Crippen molar-refractivity contribution in [1.29, 1.82) is 0 Å². The maximum atomic E-state index is 11.5. The number of hydrogen-bond acceptors (Lipinski definition) is 6. The highest BCUT2D eigenvalue weighted by Gasteiger charge is 2.28. The zero-order valence-corrected chi connectivity index (χ0v) is 18.3. The highest BCUT2D eigenvalue weighted by atomic mass is 35.5. The van der Waals surface area contributed by atoms with Gasteiger partial charge in [0.05, 0.1) is 18.8 Å². The van der Waals surface area contributed by atoms with Gasteiger partial charge in [-0.25, -0.2) is 4.79 Å². The largest absolute Gasteiger partial charge is 0.482 e. The van der Waals surface area contributed by atoms with E-state index in [0.717, 1.165) is 29.5 Å². The van der Waals surface area contributed by atoms with Crippen molar-refractivity contribution in [3.8, 4) is 5.75 Å². The van der Waals surface area contributed by atoms with Crippen LogP contribution in [0.4, 0.5) is 0 Å². The van der Waals surface area contributed by atoms with Crippen LogP contribution in [0, 0.1) is 0 Å². The third-order valence-electron chi connectivity index (χ3n) is 5.01. The van der Waals surface area contributed by atoms with Crippen molar-refractivity contribution in [2.75, 3.05) is 19.8 Å². The van der Waals surface area contributed by atoms with Crippen molar-refractivity contribution < 1.29 is 24.5 Å². The molecule has 2 aromatic carbocycles. The maximum absolute atomic E-state index is 11.5. The fraction of sp³-hybridized carbons (Fsp3) is 0.409. The third-order valence-corrected chi connectivity index (χ3v) is 5.25. The number of rotatable bonds is 8. The van der Waals surface area contributed by atoms with E-state index in [-0.39, 0.29) is 25.1 Å². The lowest BCUT2D eigenvalue weighted by Crippen LogP contribution is -2.40. The van der Waals surface area contributed by atoms with Crippen LogP contribution in [0.1, 0.15) is 42.2 Å². The summed E-state index contributed by atoms with van der Waals surface area (Å²) in [5.41, 5.74) is 2.55. The molecule has 0 saturated heterocycles. The van der Waals surface area contributed by atoms with Gasteiger partial charge in [0.2, 0.25) is 0 Å². The molecular formula is C22H27Cl2NO5. The van der Waals surface area contributed by atoms with E-state index in [4.69, 9.17) is 21.1 Å². The lowest BCUT2D eigenvalue weighted by Gasteiger charge is -2.32. The summed E-state index contributed by atoms with van der Waals surface area (Å²) in [6, 6.07) is 12.4. The zero-order valence-electron chi connectivity index (χ0n) is 16.7. The van der Waals surface area contributed by atoms with Crippen molar-refractivity contribution in [2.45, 2.75) is 38.0 Å². The third kappa shape index (κ3) is 6.33. The first-order valence-corrected chi connectivity index (χ1v) is 10.1. The number of hydrogen-bond donors (Lipinski definition) is 3. The van der Waals surface area contributed by atoms with Gasteiger partial charge in [-0.15, -0.1) is 12.4 Å². The summed E-state index contributed by atoms with van der Waals surface area (Å²) in [5.74, 6) is 0.0794. The van der Waals surface area contributed by atoms with Crippen LogP contribution in [0.3, 0.4) is 0 Å². The van der Waals surface area contributed by atoms with Gasteiger partial charge < -0.3 is 25.0 Å². The Morgan fingerprint density at radius 3 is 2.83 bits per heavy atom. The van der Waals surface area contributed by atoms with Gasteiger partial charge >= 0.3 is 5.97 Å². The van der Waals surface area contributed by atoms with E-state index in [9.17, 15) is 15.0 Å². The van der Waals surface area contributed by atoms with E-state index >= 15 is 0 Å². The lowest BCUT2D eigenvalue weighted by molar-refractivity contribution is -0.145. The second-order valence-corrected chi connectivity index (χ2v) is 7.46. The summed E-state index contributed by atoms with van der Waals surface area (Å²) in [6.07, 6.45) is 0.0903. The monoisotopic (exact) mass is 455 g/mol. The number of aliphatic hydroxyl groups is 2. The average molecular weight is 456 g/mol. The highest BCUT2D eigenvalue weighted by molar-refractivity contribution is 6.30. The molecule has 164 valence electrons. The SMILES string of the molecule is CCOC(=O)COc1ccc2c(c1)[C@H](O)[C@@H](NC[C@H](O)c1cccc(Cl)c1)CC2.Cl. The molecule has 3 atom stereocenters. The second kappa shape index (κ2) is 11.5. The van der Waals surface area contributed by atoms with Crippen LogP contribution in [0.2, 0.25) is 5.02 Å². The van der Waals surface area contributed by atoms with Gasteiger partial charge in [-0.3, -0.25) is 0 Å². The maximum Gasteiger partial charge on any atom is 0.344 e. The Morgan fingerprint density at radius 1 is 1.30 bits per heavy atom. The fourth-order valence-corrected chi connectivity index (χ4v) is 3.70. The first kappa shape index (κ1) is 24.4. The smallest absolute Gasteiger partial charge is 0.344 e. The number of carbonyl (C=O) groups excluding carboxylic acids is 1. The van der Waals surface area contributed by atoms with Gasteiger partial charge in [0.15, 0.2) is 6.61 Å². The molecule has 3 N–H and O–H groups in total. The first-order chi connectivity index (χ1) is 14.0. The lowest BCUT2D eigenvalue weighted by atomic mass is 9.85. The number of esters is 1. The molecule has 8 heteroatoms. The van der Waals surface area contributed by atoms with Crippen LogP contribution in [0.15, 0.2) is 42.5 Å². The number of fused-ring (bicyclic) bond motifs is 1. The van der Waals surface area contributed by atoms with Crippen molar-refractivity contribution in [1.82, 2.24) is 5.32 Å². The predicted molar refractivity (Wildman–Crippen MR) is 117 cm³/mol. The quantitative estimate of drug-likeness (QED) is 0.528. The molecular weight excluding hydrogens is 429 g/mol. The molecule has 0 amide bonds. The number of ether oxygens (including phenoxy) is 2. The number of carbonyl (C=O) groups is 1. The summed E-state index contributed by atoms with van der Waals surface area (Å²) in [6.45, 7) is 2.18. The summed E-state index contributed by atoms with van der Waals surface area (Å²) in [4.78, 5) is 11.5. The van der Waals surface area contributed by atoms with Crippen molar-refractivity contribution in [3.05, 3.63) is 64.2 Å². The molecule has 3 rings (SSSR count). The Labute approximate surface area is 187 Å². The molecule has 0 bridgehead atoms. The van der Waals surface area contributed by atoms with Gasteiger partial charge in [-0.05, 0) is 60.7 Å². The Hall–Kier alpha value is -1.83. The van der Waals surface area contributed by atoms with Crippen molar-refractivity contribution >= 4 is 30.0 Å². The van der Waals surface area contributed by atoms with Crippen molar-refractivity contribution in [2.24, 2.45) is 0 Å². The summed E-state index contributed by atoms with van der Waals surface area (Å²) >= 11 is 5.98. The molecule has 1 aliphatic carbocycles. The number of aliphatic hydroxyl groups excluding tert-OH is 2. The second-order valence-electron chi connectivity index (χ2n) is 7.02. The predicted octanol–water partition coefficient (Wildman–Crippen LogP) is 3.38. The normalized spacial score (nSPS) is 18.7. The van der Waals surface area contributed by atoms with Crippen LogP contribution in [0.25, 0.3) is 0 Å². The molecule has 0 spiro atoms. The molecule has 1 aliphatic rings. The number of nitrogens with one attached hydrogen (secondary N) is 1. The highest BCUT2D eigenvalue weighted by Crippen LogP contribution is 2.33. The van der Waals surface area contributed by atoms with Gasteiger partial charge in [0.1, 0.15) is 5.75 Å². The standard InChI is InChI=1S/C22H26ClNO5.ClH/c1-2-28-21(26)13-29-17-8-6-14-7-9-19(22(27)18(14)11-17)24-12-20(25)15-4-3-5-16(23)10-15;/h3-6,8,10-11,19-20,22,24-25,27H,2,7,9,12-13H2,1H3;1H/t19-,20-,22-;/m0./s1. The molecule has 0 unspecified atom stereocenters. The average Bonchev–Trinajstić information content (AvgIpc) is 2.72. The Bertz CT molecular complexity index is 848. The summed E-state index contributed by atoms with van der Waals surface area (Å²) in [5, 5.41) is 25.1. The van der Waals surface area contributed by atoms with E-state index < -0.39 is 18.2 Å². The van der Waals surface area contributed by atoms with Gasteiger partial charge in [0, 0.05) is 17.6 Å². The summed E-state index contributed by atoms with van der Waals surface area (Å²) < 4.78 is 10.3. The fourth-order valence-electron chi connectivity index (χ4n) is 3.50. The first-order valence-electron chi connectivity index (χ1n) is 9.74. The number of halogens is 2. The molecule has 0 heterocycles. The topological polar surface area (TPSA) is 88.0 Å². The van der Waals surface area contributed by atoms with Crippen LogP contribution in [-0.4, -0.2) is 42.0 Å². The van der Waals surface area contributed by atoms with E-state index in [1.807, 2.05) is 12.1 Å². The molecule has 0 radical (unpaired) electrons. The zero-order chi connectivity index (χ0) is 20.8. The van der Waals surface area contributed by atoms with Gasteiger partial charge in [-0.2, -0.15) is 0 Å². The van der Waals surface area contributed by atoms with Crippen LogP contribution in [-0.2, 0) is 16.0 Å². The van der Waals surface area contributed by atoms with E-state index in [2.05, 4.69) is 5.32 Å². The molecule has 6 nitrogen and oxygen atoms in total. The van der Waals surface area contributed by atoms with Crippen LogP contribution >= 0.6 is 24.0 Å². The summed E-state index contributed by atoms with van der Waals surface area (Å²) in [7, 11) is 0. The molecule has 0 aliphatic heterocycles. The van der Waals surface area contributed by atoms with Crippen molar-refractivity contribution in [3.63, 3.8) is 0 Å². The molecule has 0 fully saturated rings. The van der Waals surface area contributed by atoms with Gasteiger partial charge in [0.25, 0.3) is 0 Å². The Kier molecular flexibility index (Phi) is 9.39. The molecule has 0 aromatic heterocycles. The van der Waals surface area contributed by atoms with E-state index in [0.29, 0.717) is 23.9 Å². The Morgan fingerprint density at radius 2 is 2.10 bits per heavy atom. The van der Waals surface area contributed by atoms with E-state index in [1.165, 1.54) is 0 Å². The van der Waals surface area contributed by atoms with Gasteiger partial charge in [-0.1, -0.05) is 29.8 Å². The number of aryl methyl sites for hydroxylation is 1. The van der Waals surface area contributed by atoms with Crippen LogP contribution in [0.5, 0.6) is 5.75 Å². The van der Waals surface area contributed by atoms with E-state index in [1.54, 1.807) is 37.3 Å². The molecule has 30 heavy (non-hydrogen) atoms. The minimum absolute atomic E-state index is 0. The minimum atomic E-state index is -0.739.